The molecule has 0 aliphatic carbocycles. The fraction of sp³-hybridized carbons (Fsp3) is 0.667. The lowest BCUT2D eigenvalue weighted by molar-refractivity contribution is 0.103. The standard InChI is InChI=1S/C9H15N3S/c1-7-3-12(4-7)5-8-6-13-9(10-2)11-8/h6-7H,3-5H2,1-2H3,(H,10,11). The number of hydrogen-bond acceptors (Lipinski definition) is 4. The Balaban J connectivity index is 1.87. The van der Waals surface area contributed by atoms with Crippen LogP contribution < -0.4 is 5.32 Å². The minimum Gasteiger partial charge on any atom is -0.365 e. The number of anilines is 1. The van der Waals surface area contributed by atoms with Gasteiger partial charge in [-0.3, -0.25) is 4.90 Å². The Morgan fingerprint density at radius 1 is 1.69 bits per heavy atom. The second-order valence-corrected chi connectivity index (χ2v) is 4.55. The van der Waals surface area contributed by atoms with E-state index in [1.807, 2.05) is 7.05 Å². The molecule has 1 aromatic rings. The zero-order valence-electron chi connectivity index (χ0n) is 8.08. The summed E-state index contributed by atoms with van der Waals surface area (Å²) in [5.41, 5.74) is 1.20. The van der Waals surface area contributed by atoms with Gasteiger partial charge in [0.1, 0.15) is 0 Å². The molecular weight excluding hydrogens is 182 g/mol. The first-order valence-electron chi connectivity index (χ1n) is 4.62. The topological polar surface area (TPSA) is 28.2 Å². The molecule has 0 bridgehead atoms. The first kappa shape index (κ1) is 8.97. The predicted octanol–water partition coefficient (Wildman–Crippen LogP) is 1.64. The second kappa shape index (κ2) is 3.64. The summed E-state index contributed by atoms with van der Waals surface area (Å²) in [5, 5.41) is 6.21. The maximum Gasteiger partial charge on any atom is 0.182 e. The number of nitrogens with one attached hydrogen (secondary N) is 1. The lowest BCUT2D eigenvalue weighted by Gasteiger charge is -2.36. The number of rotatable bonds is 3. The predicted molar refractivity (Wildman–Crippen MR) is 56.1 cm³/mol. The third-order valence-electron chi connectivity index (χ3n) is 2.29. The van der Waals surface area contributed by atoms with Crippen molar-refractivity contribution in [3.63, 3.8) is 0 Å². The normalized spacial score (nSPS) is 18.6. The number of thiazole rings is 1. The number of nitrogens with zero attached hydrogens (tertiary/aromatic N) is 2. The Morgan fingerprint density at radius 3 is 3.00 bits per heavy atom. The largest absolute Gasteiger partial charge is 0.365 e. The Labute approximate surface area is 82.8 Å². The van der Waals surface area contributed by atoms with E-state index in [0.29, 0.717) is 0 Å². The van der Waals surface area contributed by atoms with Crippen LogP contribution in [0, 0.1) is 5.92 Å². The van der Waals surface area contributed by atoms with Gasteiger partial charge >= 0.3 is 0 Å². The Hall–Kier alpha value is -0.610. The maximum atomic E-state index is 4.44. The van der Waals surface area contributed by atoms with E-state index in [9.17, 15) is 0 Å². The van der Waals surface area contributed by atoms with Gasteiger partial charge in [0.25, 0.3) is 0 Å². The summed E-state index contributed by atoms with van der Waals surface area (Å²) >= 11 is 1.68. The van der Waals surface area contributed by atoms with Crippen LogP contribution in [0.15, 0.2) is 5.38 Å². The zero-order chi connectivity index (χ0) is 9.26. The average Bonchev–Trinajstić information content (AvgIpc) is 2.50. The van der Waals surface area contributed by atoms with Gasteiger partial charge < -0.3 is 5.32 Å². The van der Waals surface area contributed by atoms with Gasteiger partial charge in [-0.25, -0.2) is 4.98 Å². The van der Waals surface area contributed by atoms with E-state index >= 15 is 0 Å². The molecule has 3 nitrogen and oxygen atoms in total. The van der Waals surface area contributed by atoms with Gasteiger partial charge in [0, 0.05) is 32.1 Å². The van der Waals surface area contributed by atoms with E-state index in [1.54, 1.807) is 11.3 Å². The van der Waals surface area contributed by atoms with E-state index in [-0.39, 0.29) is 0 Å². The maximum absolute atomic E-state index is 4.44. The van der Waals surface area contributed by atoms with Crippen LogP contribution in [0.4, 0.5) is 5.13 Å². The molecule has 1 aromatic heterocycles. The molecular formula is C9H15N3S. The Kier molecular flexibility index (Phi) is 2.51. The summed E-state index contributed by atoms with van der Waals surface area (Å²) in [4.78, 5) is 6.87. The Bertz CT molecular complexity index is 278. The lowest BCUT2D eigenvalue weighted by Crippen LogP contribution is -2.44. The average molecular weight is 197 g/mol. The molecule has 1 aliphatic heterocycles. The Morgan fingerprint density at radius 2 is 2.46 bits per heavy atom. The second-order valence-electron chi connectivity index (χ2n) is 3.69. The van der Waals surface area contributed by atoms with Crippen LogP contribution in [0.2, 0.25) is 0 Å². The van der Waals surface area contributed by atoms with Crippen LogP contribution in [0.25, 0.3) is 0 Å². The van der Waals surface area contributed by atoms with Crippen LogP contribution in [0.3, 0.4) is 0 Å². The van der Waals surface area contributed by atoms with E-state index in [2.05, 4.69) is 27.5 Å². The summed E-state index contributed by atoms with van der Waals surface area (Å²) < 4.78 is 0. The summed E-state index contributed by atoms with van der Waals surface area (Å²) in [5.74, 6) is 0.877. The third-order valence-corrected chi connectivity index (χ3v) is 3.20. The smallest absolute Gasteiger partial charge is 0.182 e. The van der Waals surface area contributed by atoms with Crippen molar-refractivity contribution in [3.8, 4) is 0 Å². The number of aromatic nitrogens is 1. The molecule has 0 aromatic carbocycles. The van der Waals surface area contributed by atoms with Gasteiger partial charge in [-0.1, -0.05) is 6.92 Å². The summed E-state index contributed by atoms with van der Waals surface area (Å²) in [6.07, 6.45) is 0. The van der Waals surface area contributed by atoms with Crippen LogP contribution in [-0.4, -0.2) is 30.0 Å². The highest BCUT2D eigenvalue weighted by Crippen LogP contribution is 2.20. The van der Waals surface area contributed by atoms with E-state index < -0.39 is 0 Å². The number of hydrogen-bond donors (Lipinski definition) is 1. The molecule has 4 heteroatoms. The van der Waals surface area contributed by atoms with E-state index in [1.165, 1.54) is 18.8 Å². The molecule has 1 fully saturated rings. The van der Waals surface area contributed by atoms with Gasteiger partial charge in [0.15, 0.2) is 5.13 Å². The minimum absolute atomic E-state index is 0.877. The molecule has 0 amide bonds. The van der Waals surface area contributed by atoms with Crippen molar-refractivity contribution < 1.29 is 0 Å². The fourth-order valence-corrected chi connectivity index (χ4v) is 2.34. The molecule has 0 radical (unpaired) electrons. The molecule has 1 saturated heterocycles. The van der Waals surface area contributed by atoms with Crippen molar-refractivity contribution in [2.24, 2.45) is 5.92 Å². The summed E-state index contributed by atoms with van der Waals surface area (Å²) in [6.45, 7) is 5.76. The molecule has 1 N–H and O–H groups in total. The highest BCUT2D eigenvalue weighted by atomic mass is 32.1. The zero-order valence-corrected chi connectivity index (χ0v) is 8.90. The van der Waals surface area contributed by atoms with Gasteiger partial charge in [0.2, 0.25) is 0 Å². The van der Waals surface area contributed by atoms with Gasteiger partial charge in [-0.05, 0) is 5.92 Å². The highest BCUT2D eigenvalue weighted by molar-refractivity contribution is 7.13. The monoisotopic (exact) mass is 197 g/mol. The minimum atomic E-state index is 0.877. The van der Waals surface area contributed by atoms with Crippen molar-refractivity contribution in [1.82, 2.24) is 9.88 Å². The number of likely N-dealkylation sites (tertiary alicyclic amines) is 1. The van der Waals surface area contributed by atoms with Crippen molar-refractivity contribution in [2.45, 2.75) is 13.5 Å². The molecule has 13 heavy (non-hydrogen) atoms. The quantitative estimate of drug-likeness (QED) is 0.798. The van der Waals surface area contributed by atoms with Crippen LogP contribution in [0.5, 0.6) is 0 Å². The van der Waals surface area contributed by atoms with Crippen molar-refractivity contribution in [3.05, 3.63) is 11.1 Å². The molecule has 0 saturated carbocycles. The van der Waals surface area contributed by atoms with Crippen molar-refractivity contribution in [2.75, 3.05) is 25.5 Å². The van der Waals surface area contributed by atoms with Crippen LogP contribution in [0.1, 0.15) is 12.6 Å². The molecule has 0 unspecified atom stereocenters. The lowest BCUT2D eigenvalue weighted by atomic mass is 10.0. The molecule has 0 spiro atoms. The van der Waals surface area contributed by atoms with Crippen molar-refractivity contribution >= 4 is 16.5 Å². The molecule has 1 aliphatic rings. The van der Waals surface area contributed by atoms with Crippen LogP contribution in [-0.2, 0) is 6.54 Å². The summed E-state index contributed by atoms with van der Waals surface area (Å²) in [6, 6.07) is 0. The van der Waals surface area contributed by atoms with Gasteiger partial charge in [-0.2, -0.15) is 0 Å². The first-order chi connectivity index (χ1) is 6.28. The van der Waals surface area contributed by atoms with Gasteiger partial charge in [0.05, 0.1) is 5.69 Å². The molecule has 2 heterocycles. The molecule has 2 rings (SSSR count). The SMILES string of the molecule is CNc1nc(CN2CC(C)C2)cs1. The molecule has 72 valence electrons. The third kappa shape index (κ3) is 2.00. The molecule has 0 atom stereocenters. The van der Waals surface area contributed by atoms with Crippen LogP contribution >= 0.6 is 11.3 Å². The van der Waals surface area contributed by atoms with E-state index in [0.717, 1.165) is 17.6 Å². The summed E-state index contributed by atoms with van der Waals surface area (Å²) in [7, 11) is 1.91. The van der Waals surface area contributed by atoms with E-state index in [4.69, 9.17) is 0 Å². The first-order valence-corrected chi connectivity index (χ1v) is 5.50. The van der Waals surface area contributed by atoms with Gasteiger partial charge in [-0.15, -0.1) is 11.3 Å². The highest BCUT2D eigenvalue weighted by Gasteiger charge is 2.22. The van der Waals surface area contributed by atoms with Crippen molar-refractivity contribution in [1.29, 1.82) is 0 Å². The fourth-order valence-electron chi connectivity index (χ4n) is 1.68.